The van der Waals surface area contributed by atoms with Crippen LogP contribution in [0.3, 0.4) is 0 Å². The van der Waals surface area contributed by atoms with E-state index in [0.29, 0.717) is 6.61 Å². The van der Waals surface area contributed by atoms with Crippen molar-refractivity contribution in [2.75, 3.05) is 6.61 Å². The second kappa shape index (κ2) is 30.5. The zero-order chi connectivity index (χ0) is 15.2. The molecule has 0 saturated heterocycles. The number of aliphatic hydroxyl groups excluding tert-OH is 1. The minimum absolute atomic E-state index is 0.367. The number of hydrogen-bond acceptors (Lipinski definition) is 1. The van der Waals surface area contributed by atoms with Crippen LogP contribution in [0.4, 0.5) is 0 Å². The van der Waals surface area contributed by atoms with Crippen LogP contribution < -0.4 is 0 Å². The zero-order valence-electron chi connectivity index (χ0n) is 13.8. The van der Waals surface area contributed by atoms with Crippen molar-refractivity contribution in [2.45, 2.75) is 85.0 Å². The molecule has 0 fully saturated rings. The predicted molar refractivity (Wildman–Crippen MR) is 90.7 cm³/mol. The molecule has 0 aliphatic carbocycles. The molecule has 0 spiro atoms. The molecule has 0 rings (SSSR count). The molecule has 19 heavy (non-hydrogen) atoms. The fourth-order valence-electron chi connectivity index (χ4n) is 1.43. The second-order valence-corrected chi connectivity index (χ2v) is 4.68. The molecule has 1 N–H and O–H groups in total. The summed E-state index contributed by atoms with van der Waals surface area (Å²) < 4.78 is 0. The molecule has 0 aromatic heterocycles. The SMILES string of the molecule is C=CC.C=CCCCCC.CCCCCCCCO. The lowest BCUT2D eigenvalue weighted by Gasteiger charge is -1.95. The van der Waals surface area contributed by atoms with Crippen molar-refractivity contribution in [3.8, 4) is 0 Å². The summed E-state index contributed by atoms with van der Waals surface area (Å²) in [4.78, 5) is 0. The van der Waals surface area contributed by atoms with Crippen LogP contribution in [0.1, 0.15) is 85.0 Å². The summed E-state index contributed by atoms with van der Waals surface area (Å²) in [6.45, 7) is 13.7. The van der Waals surface area contributed by atoms with Gasteiger partial charge in [0.1, 0.15) is 0 Å². The lowest BCUT2D eigenvalue weighted by atomic mass is 10.1. The topological polar surface area (TPSA) is 20.2 Å². The van der Waals surface area contributed by atoms with Gasteiger partial charge in [0.15, 0.2) is 0 Å². The highest BCUT2D eigenvalue weighted by Crippen LogP contribution is 2.03. The third-order valence-electron chi connectivity index (χ3n) is 2.52. The van der Waals surface area contributed by atoms with E-state index in [9.17, 15) is 0 Å². The number of hydrogen-bond donors (Lipinski definition) is 1. The van der Waals surface area contributed by atoms with Crippen molar-refractivity contribution in [1.29, 1.82) is 0 Å². The maximum atomic E-state index is 8.42. The maximum Gasteiger partial charge on any atom is 0.0431 e. The number of rotatable bonds is 10. The molecule has 1 heteroatoms. The first-order chi connectivity index (χ1) is 9.24. The van der Waals surface area contributed by atoms with Crippen molar-refractivity contribution in [3.05, 3.63) is 25.3 Å². The van der Waals surface area contributed by atoms with Crippen molar-refractivity contribution >= 4 is 0 Å². The molecule has 1 nitrogen and oxygen atoms in total. The summed E-state index contributed by atoms with van der Waals surface area (Å²) in [7, 11) is 0. The van der Waals surface area contributed by atoms with E-state index < -0.39 is 0 Å². The third kappa shape index (κ3) is 46.7. The van der Waals surface area contributed by atoms with Crippen molar-refractivity contribution in [1.82, 2.24) is 0 Å². The highest BCUT2D eigenvalue weighted by molar-refractivity contribution is 4.64. The molecule has 0 aliphatic heterocycles. The highest BCUT2D eigenvalue weighted by atomic mass is 16.2. The first-order valence-corrected chi connectivity index (χ1v) is 8.03. The van der Waals surface area contributed by atoms with Gasteiger partial charge in [0.2, 0.25) is 0 Å². The van der Waals surface area contributed by atoms with Gasteiger partial charge in [-0.15, -0.1) is 13.2 Å². The molecule has 116 valence electrons. The predicted octanol–water partition coefficient (Wildman–Crippen LogP) is 6.28. The molecule has 0 radical (unpaired) electrons. The Balaban J connectivity index is -0.000000228. The van der Waals surface area contributed by atoms with E-state index in [1.807, 2.05) is 13.0 Å². The Bertz CT molecular complexity index is 135. The minimum atomic E-state index is 0.367. The molecular formula is C18H38O. The Morgan fingerprint density at radius 2 is 1.21 bits per heavy atom. The molecule has 0 unspecified atom stereocenters. The van der Waals surface area contributed by atoms with Crippen LogP contribution >= 0.6 is 0 Å². The number of allylic oxidation sites excluding steroid dienone is 2. The Kier molecular flexibility index (Phi) is 37.7. The van der Waals surface area contributed by atoms with Crippen LogP contribution in [0.2, 0.25) is 0 Å². The molecule has 0 bridgehead atoms. The van der Waals surface area contributed by atoms with E-state index in [1.54, 1.807) is 6.08 Å². The van der Waals surface area contributed by atoms with Gasteiger partial charge in [0.25, 0.3) is 0 Å². The van der Waals surface area contributed by atoms with E-state index in [1.165, 1.54) is 57.8 Å². The molecule has 0 aromatic carbocycles. The van der Waals surface area contributed by atoms with Gasteiger partial charge >= 0.3 is 0 Å². The van der Waals surface area contributed by atoms with Gasteiger partial charge < -0.3 is 5.11 Å². The fraction of sp³-hybridized carbons (Fsp3) is 0.778. The Morgan fingerprint density at radius 3 is 1.63 bits per heavy atom. The first kappa shape index (κ1) is 23.5. The average molecular weight is 271 g/mol. The van der Waals surface area contributed by atoms with Gasteiger partial charge in [-0.1, -0.05) is 70.9 Å². The van der Waals surface area contributed by atoms with Gasteiger partial charge in [-0.25, -0.2) is 0 Å². The van der Waals surface area contributed by atoms with Crippen LogP contribution in [-0.4, -0.2) is 11.7 Å². The van der Waals surface area contributed by atoms with Gasteiger partial charge in [0, 0.05) is 6.61 Å². The molecule has 0 amide bonds. The normalized spacial score (nSPS) is 8.63. The summed E-state index contributed by atoms with van der Waals surface area (Å²) in [5.74, 6) is 0. The summed E-state index contributed by atoms with van der Waals surface area (Å²) in [5.41, 5.74) is 0. The summed E-state index contributed by atoms with van der Waals surface area (Å²) in [6, 6.07) is 0. The van der Waals surface area contributed by atoms with E-state index in [4.69, 9.17) is 5.11 Å². The lowest BCUT2D eigenvalue weighted by molar-refractivity contribution is 0.282. The van der Waals surface area contributed by atoms with Crippen molar-refractivity contribution in [2.24, 2.45) is 0 Å². The van der Waals surface area contributed by atoms with Crippen LogP contribution in [0.5, 0.6) is 0 Å². The van der Waals surface area contributed by atoms with Crippen LogP contribution in [0, 0.1) is 0 Å². The number of aliphatic hydroxyl groups is 1. The standard InChI is InChI=1S/C8H18O.C7H14.C3H6/c1-2-3-4-5-6-7-8-9;1-3-5-7-6-4-2;1-3-2/h9H,2-8H2,1H3;3H,1,4-7H2,2H3;3H,1H2,2H3. The third-order valence-corrected chi connectivity index (χ3v) is 2.52. The molecular weight excluding hydrogens is 232 g/mol. The molecule has 0 aliphatic rings. The van der Waals surface area contributed by atoms with Gasteiger partial charge in [0.05, 0.1) is 0 Å². The summed E-state index contributed by atoms with van der Waals surface area (Å²) in [5, 5.41) is 8.42. The first-order valence-electron chi connectivity index (χ1n) is 8.03. The Hall–Kier alpha value is -0.560. The van der Waals surface area contributed by atoms with Gasteiger partial charge in [-0.2, -0.15) is 0 Å². The highest BCUT2D eigenvalue weighted by Gasteiger charge is 1.86. The Labute approximate surface area is 122 Å². The monoisotopic (exact) mass is 270 g/mol. The number of unbranched alkanes of at least 4 members (excludes halogenated alkanes) is 8. The summed E-state index contributed by atoms with van der Waals surface area (Å²) in [6.07, 6.45) is 16.4. The van der Waals surface area contributed by atoms with Crippen LogP contribution in [0.15, 0.2) is 25.3 Å². The average Bonchev–Trinajstić information content (AvgIpc) is 2.41. The lowest BCUT2D eigenvalue weighted by Crippen LogP contribution is -1.82. The molecule has 0 aromatic rings. The van der Waals surface area contributed by atoms with Gasteiger partial charge in [-0.05, 0) is 26.2 Å². The van der Waals surface area contributed by atoms with E-state index >= 15 is 0 Å². The second-order valence-electron chi connectivity index (χ2n) is 4.68. The maximum absolute atomic E-state index is 8.42. The van der Waals surface area contributed by atoms with Crippen LogP contribution in [0.25, 0.3) is 0 Å². The zero-order valence-corrected chi connectivity index (χ0v) is 13.8. The fourth-order valence-corrected chi connectivity index (χ4v) is 1.43. The van der Waals surface area contributed by atoms with Gasteiger partial charge in [-0.3, -0.25) is 0 Å². The summed E-state index contributed by atoms with van der Waals surface area (Å²) >= 11 is 0. The molecule has 0 saturated carbocycles. The molecule has 0 heterocycles. The quantitative estimate of drug-likeness (QED) is 0.365. The van der Waals surface area contributed by atoms with Crippen molar-refractivity contribution < 1.29 is 5.11 Å². The Morgan fingerprint density at radius 1 is 0.789 bits per heavy atom. The van der Waals surface area contributed by atoms with Crippen molar-refractivity contribution in [3.63, 3.8) is 0 Å². The van der Waals surface area contributed by atoms with E-state index in [2.05, 4.69) is 27.0 Å². The minimum Gasteiger partial charge on any atom is -0.396 e. The smallest absolute Gasteiger partial charge is 0.0431 e. The molecule has 0 atom stereocenters. The van der Waals surface area contributed by atoms with E-state index in [-0.39, 0.29) is 0 Å². The largest absolute Gasteiger partial charge is 0.396 e. The van der Waals surface area contributed by atoms with E-state index in [0.717, 1.165) is 6.42 Å². The van der Waals surface area contributed by atoms with Crippen LogP contribution in [-0.2, 0) is 0 Å².